The predicted molar refractivity (Wildman–Crippen MR) is 84.3 cm³/mol. The number of nitrogens with one attached hydrogen (secondary N) is 2. The van der Waals surface area contributed by atoms with Crippen LogP contribution in [0.2, 0.25) is 5.02 Å². The van der Waals surface area contributed by atoms with Gasteiger partial charge in [-0.3, -0.25) is 0 Å². The van der Waals surface area contributed by atoms with Gasteiger partial charge in [0, 0.05) is 33.0 Å². The predicted octanol–water partition coefficient (Wildman–Crippen LogP) is 2.26. The molecule has 0 aromatic carbocycles. The van der Waals surface area contributed by atoms with Crippen LogP contribution in [-0.2, 0) is 14.8 Å². The Labute approximate surface area is 131 Å². The number of ether oxygens (including phenoxy) is 1. The van der Waals surface area contributed by atoms with E-state index in [2.05, 4.69) is 15.0 Å². The van der Waals surface area contributed by atoms with Crippen LogP contribution >= 0.6 is 11.6 Å². The molecule has 6 nitrogen and oxygen atoms in total. The molecule has 0 unspecified atom stereocenters. The molecule has 0 amide bonds. The standard InChI is InChI=1S/C13H22ClN3O3S/c1-3-15-13-12(14)9-11(10-16-13)21(18,19)17-7-5-4-6-8-20-2/h9-10,17H,3-8H2,1-2H3,(H,15,16). The molecular formula is C13H22ClN3O3S. The van der Waals surface area contributed by atoms with Crippen LogP contribution in [0.3, 0.4) is 0 Å². The number of hydrogen-bond donors (Lipinski definition) is 2. The number of sulfonamides is 1. The highest BCUT2D eigenvalue weighted by Crippen LogP contribution is 2.22. The Bertz CT molecular complexity index is 537. The number of halogens is 1. The molecule has 0 aliphatic rings. The first kappa shape index (κ1) is 18.2. The SMILES string of the molecule is CCNc1ncc(S(=O)(=O)NCCCCCOC)cc1Cl. The van der Waals surface area contributed by atoms with Crippen molar-refractivity contribution in [3.05, 3.63) is 17.3 Å². The van der Waals surface area contributed by atoms with Crippen molar-refractivity contribution in [2.75, 3.05) is 32.1 Å². The molecule has 0 atom stereocenters. The van der Waals surface area contributed by atoms with Gasteiger partial charge >= 0.3 is 0 Å². The van der Waals surface area contributed by atoms with Crippen molar-refractivity contribution < 1.29 is 13.2 Å². The van der Waals surface area contributed by atoms with Crippen LogP contribution < -0.4 is 10.0 Å². The summed E-state index contributed by atoms with van der Waals surface area (Å²) in [6.45, 7) is 3.66. The number of nitrogens with zero attached hydrogens (tertiary/aromatic N) is 1. The molecule has 1 aromatic rings. The fourth-order valence-corrected chi connectivity index (χ4v) is 3.04. The molecule has 1 aromatic heterocycles. The van der Waals surface area contributed by atoms with E-state index in [9.17, 15) is 8.42 Å². The van der Waals surface area contributed by atoms with Gasteiger partial charge < -0.3 is 10.1 Å². The van der Waals surface area contributed by atoms with E-state index >= 15 is 0 Å². The molecule has 1 heterocycles. The second-order valence-electron chi connectivity index (χ2n) is 4.48. The molecular weight excluding hydrogens is 314 g/mol. The zero-order valence-corrected chi connectivity index (χ0v) is 13.9. The van der Waals surface area contributed by atoms with Crippen LogP contribution in [0.25, 0.3) is 0 Å². The third kappa shape index (κ3) is 6.17. The lowest BCUT2D eigenvalue weighted by Crippen LogP contribution is -2.25. The van der Waals surface area contributed by atoms with E-state index in [1.807, 2.05) is 6.92 Å². The maximum Gasteiger partial charge on any atom is 0.242 e. The van der Waals surface area contributed by atoms with E-state index < -0.39 is 10.0 Å². The highest BCUT2D eigenvalue weighted by Gasteiger charge is 2.15. The third-order valence-corrected chi connectivity index (χ3v) is 4.50. The minimum atomic E-state index is -3.56. The minimum absolute atomic E-state index is 0.0750. The lowest BCUT2D eigenvalue weighted by atomic mass is 10.2. The van der Waals surface area contributed by atoms with Gasteiger partial charge in [-0.1, -0.05) is 11.6 Å². The van der Waals surface area contributed by atoms with Gasteiger partial charge in [-0.05, 0) is 32.3 Å². The van der Waals surface area contributed by atoms with Crippen LogP contribution in [0.1, 0.15) is 26.2 Å². The van der Waals surface area contributed by atoms with Crippen LogP contribution in [0.4, 0.5) is 5.82 Å². The van der Waals surface area contributed by atoms with Crippen molar-refractivity contribution >= 4 is 27.4 Å². The Morgan fingerprint density at radius 2 is 2.10 bits per heavy atom. The van der Waals surface area contributed by atoms with Crippen molar-refractivity contribution in [3.63, 3.8) is 0 Å². The summed E-state index contributed by atoms with van der Waals surface area (Å²) in [4.78, 5) is 4.10. The topological polar surface area (TPSA) is 80.3 Å². The number of aromatic nitrogens is 1. The number of pyridine rings is 1. The molecule has 0 fully saturated rings. The lowest BCUT2D eigenvalue weighted by molar-refractivity contribution is 0.192. The van der Waals surface area contributed by atoms with E-state index in [1.54, 1.807) is 7.11 Å². The van der Waals surface area contributed by atoms with E-state index in [0.29, 0.717) is 30.5 Å². The van der Waals surface area contributed by atoms with Crippen LogP contribution in [0.15, 0.2) is 17.2 Å². The number of unbranched alkanes of at least 4 members (excludes halogenated alkanes) is 2. The van der Waals surface area contributed by atoms with E-state index in [0.717, 1.165) is 19.3 Å². The summed E-state index contributed by atoms with van der Waals surface area (Å²) < 4.78 is 31.7. The van der Waals surface area contributed by atoms with Crippen molar-refractivity contribution in [1.82, 2.24) is 9.71 Å². The number of hydrogen-bond acceptors (Lipinski definition) is 5. The molecule has 0 saturated heterocycles. The van der Waals surface area contributed by atoms with Gasteiger partial charge in [-0.2, -0.15) is 0 Å². The van der Waals surface area contributed by atoms with Gasteiger partial charge in [0.25, 0.3) is 0 Å². The third-order valence-electron chi connectivity index (χ3n) is 2.79. The van der Waals surface area contributed by atoms with Gasteiger partial charge in [0.1, 0.15) is 10.7 Å². The monoisotopic (exact) mass is 335 g/mol. The van der Waals surface area contributed by atoms with Gasteiger partial charge in [0.2, 0.25) is 10.0 Å². The molecule has 0 bridgehead atoms. The average Bonchev–Trinajstić information content (AvgIpc) is 2.45. The zero-order valence-electron chi connectivity index (χ0n) is 12.4. The maximum absolute atomic E-state index is 12.1. The number of anilines is 1. The zero-order chi connectivity index (χ0) is 15.7. The smallest absolute Gasteiger partial charge is 0.242 e. The second-order valence-corrected chi connectivity index (χ2v) is 6.66. The van der Waals surface area contributed by atoms with Gasteiger partial charge in [-0.25, -0.2) is 18.1 Å². The quantitative estimate of drug-likeness (QED) is 0.641. The van der Waals surface area contributed by atoms with E-state index in [-0.39, 0.29) is 4.90 Å². The molecule has 8 heteroatoms. The minimum Gasteiger partial charge on any atom is -0.385 e. The Morgan fingerprint density at radius 1 is 1.33 bits per heavy atom. The summed E-state index contributed by atoms with van der Waals surface area (Å²) in [7, 11) is -1.91. The molecule has 1 rings (SSSR count). The Morgan fingerprint density at radius 3 is 2.71 bits per heavy atom. The molecule has 0 spiro atoms. The normalized spacial score (nSPS) is 11.6. The second kappa shape index (κ2) is 9.19. The summed E-state index contributed by atoms with van der Waals surface area (Å²) in [6.07, 6.45) is 3.90. The van der Waals surface area contributed by atoms with Crippen LogP contribution in [-0.4, -0.2) is 40.2 Å². The summed E-state index contributed by atoms with van der Waals surface area (Å²) in [5, 5.41) is 3.25. The summed E-state index contributed by atoms with van der Waals surface area (Å²) >= 11 is 6.00. The maximum atomic E-state index is 12.1. The molecule has 2 N–H and O–H groups in total. The lowest BCUT2D eigenvalue weighted by Gasteiger charge is -2.09. The molecule has 120 valence electrons. The average molecular weight is 336 g/mol. The highest BCUT2D eigenvalue weighted by atomic mass is 35.5. The first-order valence-corrected chi connectivity index (χ1v) is 8.75. The largest absolute Gasteiger partial charge is 0.385 e. The molecule has 0 aliphatic carbocycles. The van der Waals surface area contributed by atoms with E-state index in [4.69, 9.17) is 16.3 Å². The van der Waals surface area contributed by atoms with Gasteiger partial charge in [0.15, 0.2) is 0 Å². The van der Waals surface area contributed by atoms with Crippen molar-refractivity contribution in [1.29, 1.82) is 0 Å². The summed E-state index contributed by atoms with van der Waals surface area (Å²) in [6, 6.07) is 1.40. The summed E-state index contributed by atoms with van der Waals surface area (Å²) in [5.74, 6) is 0.484. The highest BCUT2D eigenvalue weighted by molar-refractivity contribution is 7.89. The fourth-order valence-electron chi connectivity index (χ4n) is 1.70. The van der Waals surface area contributed by atoms with Crippen molar-refractivity contribution in [2.45, 2.75) is 31.1 Å². The molecule has 0 aliphatic heterocycles. The Balaban J connectivity index is 2.56. The number of methoxy groups -OCH3 is 1. The van der Waals surface area contributed by atoms with Gasteiger partial charge in [0.05, 0.1) is 5.02 Å². The molecule has 21 heavy (non-hydrogen) atoms. The first-order valence-electron chi connectivity index (χ1n) is 6.89. The number of rotatable bonds is 10. The first-order chi connectivity index (χ1) is 10.0. The fraction of sp³-hybridized carbons (Fsp3) is 0.615. The Kier molecular flexibility index (Phi) is 7.95. The van der Waals surface area contributed by atoms with E-state index in [1.165, 1.54) is 12.3 Å². The molecule has 0 radical (unpaired) electrons. The van der Waals surface area contributed by atoms with Gasteiger partial charge in [-0.15, -0.1) is 0 Å². The Hall–Kier alpha value is -0.890. The summed E-state index contributed by atoms with van der Waals surface area (Å²) in [5.41, 5.74) is 0. The van der Waals surface area contributed by atoms with Crippen molar-refractivity contribution in [2.24, 2.45) is 0 Å². The van der Waals surface area contributed by atoms with Crippen LogP contribution in [0, 0.1) is 0 Å². The van der Waals surface area contributed by atoms with Crippen LogP contribution in [0.5, 0.6) is 0 Å². The molecule has 0 saturated carbocycles. The van der Waals surface area contributed by atoms with Crippen molar-refractivity contribution in [3.8, 4) is 0 Å².